The number of nitrogens with zero attached hydrogens (tertiary/aromatic N) is 2. The largest absolute Gasteiger partial charge is 0.352 e. The molecule has 2 aromatic rings. The highest BCUT2D eigenvalue weighted by molar-refractivity contribution is 7.92. The predicted octanol–water partition coefficient (Wildman–Crippen LogP) is 4.32. The van der Waals surface area contributed by atoms with Crippen LogP contribution in [0.25, 0.3) is 0 Å². The average molecular weight is 529 g/mol. The fourth-order valence-electron chi connectivity index (χ4n) is 3.41. The number of benzene rings is 2. The Morgan fingerprint density at radius 3 is 2.21 bits per heavy atom. The van der Waals surface area contributed by atoms with Gasteiger partial charge in [-0.2, -0.15) is 0 Å². The standard InChI is InChI=1S/C24H31Cl2N3O4S/c1-15(2)27-24(31)18(5)28(13-19-9-10-20(25)21(26)12-19)23(30)14-29(34(6,32)33)22-11-16(3)7-8-17(22)4/h7-12,15,18H,13-14H2,1-6H3,(H,27,31). The summed E-state index contributed by atoms with van der Waals surface area (Å²) in [6.45, 7) is 8.47. The van der Waals surface area contributed by atoms with E-state index in [2.05, 4.69) is 5.32 Å². The molecule has 0 aromatic heterocycles. The van der Waals surface area contributed by atoms with Crippen LogP contribution < -0.4 is 9.62 Å². The summed E-state index contributed by atoms with van der Waals surface area (Å²) in [5.74, 6) is -0.870. The molecule has 0 saturated heterocycles. The van der Waals surface area contributed by atoms with E-state index in [0.717, 1.165) is 16.1 Å². The molecule has 1 atom stereocenters. The number of sulfonamides is 1. The Balaban J connectivity index is 2.46. The number of hydrogen-bond acceptors (Lipinski definition) is 4. The third-order valence-electron chi connectivity index (χ3n) is 5.25. The highest BCUT2D eigenvalue weighted by Gasteiger charge is 2.30. The smallest absolute Gasteiger partial charge is 0.244 e. The van der Waals surface area contributed by atoms with E-state index in [1.165, 1.54) is 4.90 Å². The van der Waals surface area contributed by atoms with Gasteiger partial charge in [0.25, 0.3) is 0 Å². The first-order chi connectivity index (χ1) is 15.7. The lowest BCUT2D eigenvalue weighted by molar-refractivity contribution is -0.139. The van der Waals surface area contributed by atoms with Crippen molar-refractivity contribution < 1.29 is 18.0 Å². The Kier molecular flexibility index (Phi) is 9.39. The molecular formula is C24H31Cl2N3O4S. The molecule has 34 heavy (non-hydrogen) atoms. The highest BCUT2D eigenvalue weighted by Crippen LogP contribution is 2.26. The fourth-order valence-corrected chi connectivity index (χ4v) is 4.62. The van der Waals surface area contributed by atoms with Gasteiger partial charge in [-0.1, -0.05) is 41.4 Å². The van der Waals surface area contributed by atoms with Gasteiger partial charge < -0.3 is 10.2 Å². The van der Waals surface area contributed by atoms with Crippen molar-refractivity contribution in [1.29, 1.82) is 0 Å². The molecule has 0 aliphatic heterocycles. The van der Waals surface area contributed by atoms with Crippen molar-refractivity contribution in [2.75, 3.05) is 17.1 Å². The van der Waals surface area contributed by atoms with E-state index in [0.29, 0.717) is 26.9 Å². The summed E-state index contributed by atoms with van der Waals surface area (Å²) in [6.07, 6.45) is 1.06. The van der Waals surface area contributed by atoms with Crippen LogP contribution in [0.4, 0.5) is 5.69 Å². The minimum atomic E-state index is -3.79. The number of halogens is 2. The van der Waals surface area contributed by atoms with Crippen LogP contribution in [0, 0.1) is 13.8 Å². The lowest BCUT2D eigenvalue weighted by Crippen LogP contribution is -2.52. The average Bonchev–Trinajstić information content (AvgIpc) is 2.72. The Labute approximate surface area is 212 Å². The van der Waals surface area contributed by atoms with E-state index in [1.807, 2.05) is 26.8 Å². The topological polar surface area (TPSA) is 86.8 Å². The molecule has 10 heteroatoms. The number of hydrogen-bond donors (Lipinski definition) is 1. The van der Waals surface area contributed by atoms with Crippen LogP contribution in [-0.4, -0.2) is 50.0 Å². The first-order valence-corrected chi connectivity index (χ1v) is 13.4. The molecule has 1 unspecified atom stereocenters. The van der Waals surface area contributed by atoms with Crippen molar-refractivity contribution >= 4 is 50.7 Å². The summed E-state index contributed by atoms with van der Waals surface area (Å²) in [6, 6.07) is 9.36. The van der Waals surface area contributed by atoms with Gasteiger partial charge in [-0.25, -0.2) is 8.42 Å². The van der Waals surface area contributed by atoms with Gasteiger partial charge in [0.05, 0.1) is 22.0 Å². The SMILES string of the molecule is Cc1ccc(C)c(N(CC(=O)N(Cc2ccc(Cl)c(Cl)c2)C(C)C(=O)NC(C)C)S(C)(=O)=O)c1. The first kappa shape index (κ1) is 28.0. The van der Waals surface area contributed by atoms with Crippen LogP contribution in [0.3, 0.4) is 0 Å². The van der Waals surface area contributed by atoms with Crippen molar-refractivity contribution in [2.45, 2.75) is 53.2 Å². The minimum Gasteiger partial charge on any atom is -0.352 e. The van der Waals surface area contributed by atoms with Crippen LogP contribution in [-0.2, 0) is 26.2 Å². The van der Waals surface area contributed by atoms with E-state index >= 15 is 0 Å². The molecular weight excluding hydrogens is 497 g/mol. The number of aryl methyl sites for hydroxylation is 2. The minimum absolute atomic E-state index is 0.0484. The van der Waals surface area contributed by atoms with Gasteiger partial charge in [0.15, 0.2) is 0 Å². The molecule has 0 spiro atoms. The molecule has 2 amide bonds. The van der Waals surface area contributed by atoms with Crippen LogP contribution in [0.15, 0.2) is 36.4 Å². The maximum atomic E-state index is 13.5. The number of nitrogens with one attached hydrogen (secondary N) is 1. The molecule has 0 aliphatic carbocycles. The molecule has 1 N–H and O–H groups in total. The van der Waals surface area contributed by atoms with Gasteiger partial charge in [0, 0.05) is 12.6 Å². The summed E-state index contributed by atoms with van der Waals surface area (Å²) in [5.41, 5.74) is 2.65. The Morgan fingerprint density at radius 2 is 1.65 bits per heavy atom. The Hall–Kier alpha value is -2.29. The van der Waals surface area contributed by atoms with E-state index in [9.17, 15) is 18.0 Å². The monoisotopic (exact) mass is 527 g/mol. The second-order valence-electron chi connectivity index (χ2n) is 8.67. The zero-order chi connectivity index (χ0) is 25.8. The fraction of sp³-hybridized carbons (Fsp3) is 0.417. The molecule has 0 bridgehead atoms. The maximum absolute atomic E-state index is 13.5. The van der Waals surface area contributed by atoms with Gasteiger partial charge in [0.2, 0.25) is 21.8 Å². The van der Waals surface area contributed by atoms with E-state index in [4.69, 9.17) is 23.2 Å². The highest BCUT2D eigenvalue weighted by atomic mass is 35.5. The molecule has 186 valence electrons. The molecule has 0 aliphatic rings. The van der Waals surface area contributed by atoms with E-state index in [1.54, 1.807) is 44.2 Å². The second kappa shape index (κ2) is 11.4. The second-order valence-corrected chi connectivity index (χ2v) is 11.4. The number of amides is 2. The zero-order valence-electron chi connectivity index (χ0n) is 20.2. The summed E-state index contributed by atoms with van der Waals surface area (Å²) in [5, 5.41) is 3.49. The molecule has 2 aromatic carbocycles. The van der Waals surface area contributed by atoms with Crippen molar-refractivity contribution in [3.05, 3.63) is 63.1 Å². The lowest BCUT2D eigenvalue weighted by Gasteiger charge is -2.32. The summed E-state index contributed by atoms with van der Waals surface area (Å²) in [4.78, 5) is 27.7. The van der Waals surface area contributed by atoms with E-state index in [-0.39, 0.29) is 18.5 Å². The molecule has 0 heterocycles. The third-order valence-corrected chi connectivity index (χ3v) is 7.11. The molecule has 2 rings (SSSR count). The van der Waals surface area contributed by atoms with Crippen molar-refractivity contribution in [3.8, 4) is 0 Å². The summed E-state index contributed by atoms with van der Waals surface area (Å²) >= 11 is 12.2. The number of rotatable bonds is 9. The van der Waals surface area contributed by atoms with Gasteiger partial charge in [-0.05, 0) is 69.5 Å². The van der Waals surface area contributed by atoms with Crippen LogP contribution >= 0.6 is 23.2 Å². The Morgan fingerprint density at radius 1 is 1.00 bits per heavy atom. The van der Waals surface area contributed by atoms with E-state index < -0.39 is 28.5 Å². The molecule has 0 fully saturated rings. The molecule has 7 nitrogen and oxygen atoms in total. The predicted molar refractivity (Wildman–Crippen MR) is 138 cm³/mol. The molecule has 0 radical (unpaired) electrons. The summed E-state index contributed by atoms with van der Waals surface area (Å²) in [7, 11) is -3.79. The van der Waals surface area contributed by atoms with Gasteiger partial charge in [-0.15, -0.1) is 0 Å². The van der Waals surface area contributed by atoms with Crippen LogP contribution in [0.2, 0.25) is 10.0 Å². The van der Waals surface area contributed by atoms with Gasteiger partial charge in [0.1, 0.15) is 12.6 Å². The number of anilines is 1. The number of carbonyl (C=O) groups excluding carboxylic acids is 2. The van der Waals surface area contributed by atoms with Crippen molar-refractivity contribution in [1.82, 2.24) is 10.2 Å². The van der Waals surface area contributed by atoms with Crippen LogP contribution in [0.5, 0.6) is 0 Å². The molecule has 0 saturated carbocycles. The normalized spacial score (nSPS) is 12.4. The number of carbonyl (C=O) groups is 2. The quantitative estimate of drug-likeness (QED) is 0.526. The van der Waals surface area contributed by atoms with Crippen molar-refractivity contribution in [3.63, 3.8) is 0 Å². The third kappa shape index (κ3) is 7.35. The zero-order valence-corrected chi connectivity index (χ0v) is 22.6. The van der Waals surface area contributed by atoms with Crippen molar-refractivity contribution in [2.24, 2.45) is 0 Å². The van der Waals surface area contributed by atoms with Gasteiger partial charge in [-0.3, -0.25) is 13.9 Å². The summed E-state index contributed by atoms with van der Waals surface area (Å²) < 4.78 is 26.4. The Bertz CT molecular complexity index is 1170. The lowest BCUT2D eigenvalue weighted by atomic mass is 10.1. The maximum Gasteiger partial charge on any atom is 0.244 e. The first-order valence-electron chi connectivity index (χ1n) is 10.8. The van der Waals surface area contributed by atoms with Gasteiger partial charge >= 0.3 is 0 Å². The van der Waals surface area contributed by atoms with Crippen LogP contribution in [0.1, 0.15) is 37.5 Å².